The van der Waals surface area contributed by atoms with Crippen molar-refractivity contribution in [3.05, 3.63) is 29.3 Å². The highest BCUT2D eigenvalue weighted by Gasteiger charge is 2.24. The molecule has 0 spiro atoms. The quantitative estimate of drug-likeness (QED) is 0.662. The predicted molar refractivity (Wildman–Crippen MR) is 67.6 cm³/mol. The minimum Gasteiger partial charge on any atom is -0.459 e. The number of halogens is 2. The maximum Gasteiger partial charge on any atom is 0.341 e. The third-order valence-corrected chi connectivity index (χ3v) is 3.54. The second-order valence-corrected chi connectivity index (χ2v) is 5.14. The van der Waals surface area contributed by atoms with E-state index in [1.807, 2.05) is 0 Å². The van der Waals surface area contributed by atoms with E-state index in [1.54, 1.807) is 0 Å². The minimum atomic E-state index is -0.944. The predicted octanol–water partition coefficient (Wildman–Crippen LogP) is 3.28. The number of esters is 1. The lowest BCUT2D eigenvalue weighted by Gasteiger charge is -2.26. The van der Waals surface area contributed by atoms with Gasteiger partial charge in [-0.2, -0.15) is 0 Å². The summed E-state index contributed by atoms with van der Waals surface area (Å²) < 4.78 is 31.8. The van der Waals surface area contributed by atoms with Crippen LogP contribution in [0.5, 0.6) is 0 Å². The van der Waals surface area contributed by atoms with Crippen molar-refractivity contribution in [2.75, 3.05) is 5.73 Å². The number of rotatable bonds is 2. The molecule has 19 heavy (non-hydrogen) atoms. The van der Waals surface area contributed by atoms with E-state index in [-0.39, 0.29) is 17.4 Å². The summed E-state index contributed by atoms with van der Waals surface area (Å²) >= 11 is 0. The highest BCUT2D eigenvalue weighted by Crippen LogP contribution is 2.27. The third kappa shape index (κ3) is 3.22. The summed E-state index contributed by atoms with van der Waals surface area (Å²) in [5.41, 5.74) is 4.76. The van der Waals surface area contributed by atoms with Crippen LogP contribution in [0.25, 0.3) is 0 Å². The molecule has 0 atom stereocenters. The van der Waals surface area contributed by atoms with E-state index in [9.17, 15) is 13.6 Å². The zero-order valence-electron chi connectivity index (χ0n) is 10.8. The monoisotopic (exact) mass is 269 g/mol. The number of hydrogen-bond donors (Lipinski definition) is 1. The van der Waals surface area contributed by atoms with Crippen molar-refractivity contribution < 1.29 is 18.3 Å². The van der Waals surface area contributed by atoms with Crippen LogP contribution in [0.15, 0.2) is 12.1 Å². The number of hydrogen-bond acceptors (Lipinski definition) is 3. The average molecular weight is 269 g/mol. The van der Waals surface area contributed by atoms with Gasteiger partial charge in [0, 0.05) is 6.07 Å². The molecule has 0 bridgehead atoms. The van der Waals surface area contributed by atoms with Crippen LogP contribution in [0.2, 0.25) is 0 Å². The fraction of sp³-hybridized carbons (Fsp3) is 0.500. The lowest BCUT2D eigenvalue weighted by molar-refractivity contribution is 0.0169. The molecule has 1 aliphatic rings. The second-order valence-electron chi connectivity index (χ2n) is 5.14. The summed E-state index contributed by atoms with van der Waals surface area (Å²) in [4.78, 5) is 11.8. The number of carbonyl (C=O) groups is 1. The molecule has 0 aromatic heterocycles. The lowest BCUT2D eigenvalue weighted by Crippen LogP contribution is -2.24. The molecular formula is C14H17F2NO2. The van der Waals surface area contributed by atoms with Gasteiger partial charge in [-0.3, -0.25) is 0 Å². The minimum absolute atomic E-state index is 0.186. The van der Waals surface area contributed by atoms with Gasteiger partial charge in [0.05, 0.1) is 11.3 Å². The molecule has 2 N–H and O–H groups in total. The Balaban J connectivity index is 2.06. The van der Waals surface area contributed by atoms with Crippen molar-refractivity contribution in [2.24, 2.45) is 5.92 Å². The highest BCUT2D eigenvalue weighted by molar-refractivity contribution is 5.90. The Morgan fingerprint density at radius 2 is 1.84 bits per heavy atom. The van der Waals surface area contributed by atoms with Crippen molar-refractivity contribution in [1.82, 2.24) is 0 Å². The molecule has 0 amide bonds. The molecule has 2 rings (SSSR count). The number of anilines is 1. The van der Waals surface area contributed by atoms with Crippen LogP contribution < -0.4 is 5.73 Å². The molecule has 1 fully saturated rings. The molecular weight excluding hydrogens is 252 g/mol. The molecule has 0 heterocycles. The van der Waals surface area contributed by atoms with E-state index in [2.05, 4.69) is 6.92 Å². The van der Waals surface area contributed by atoms with Crippen molar-refractivity contribution in [2.45, 2.75) is 38.7 Å². The molecule has 1 saturated carbocycles. The Labute approximate surface area is 110 Å². The molecule has 104 valence electrons. The summed E-state index contributed by atoms with van der Waals surface area (Å²) in [5.74, 6) is -1.96. The van der Waals surface area contributed by atoms with Gasteiger partial charge in [-0.1, -0.05) is 6.92 Å². The van der Waals surface area contributed by atoms with Gasteiger partial charge in [-0.05, 0) is 37.7 Å². The van der Waals surface area contributed by atoms with Crippen LogP contribution in [0.3, 0.4) is 0 Å². The van der Waals surface area contributed by atoms with Crippen LogP contribution in [0, 0.1) is 17.6 Å². The first-order chi connectivity index (χ1) is 8.97. The molecule has 5 heteroatoms. The van der Waals surface area contributed by atoms with Crippen molar-refractivity contribution >= 4 is 11.7 Å². The molecule has 0 aliphatic heterocycles. The summed E-state index contributed by atoms with van der Waals surface area (Å²) in [5, 5.41) is 0. The van der Waals surface area contributed by atoms with Crippen molar-refractivity contribution in [3.8, 4) is 0 Å². The maximum atomic E-state index is 13.5. The zero-order chi connectivity index (χ0) is 14.0. The number of benzene rings is 1. The number of nitrogens with two attached hydrogens (primary N) is 1. The Morgan fingerprint density at radius 3 is 2.47 bits per heavy atom. The first kappa shape index (κ1) is 13.8. The van der Waals surface area contributed by atoms with Gasteiger partial charge in [0.25, 0.3) is 0 Å². The van der Waals surface area contributed by atoms with E-state index in [0.29, 0.717) is 12.0 Å². The molecule has 1 aromatic rings. The summed E-state index contributed by atoms with van der Waals surface area (Å²) in [6, 6.07) is 1.59. The van der Waals surface area contributed by atoms with Gasteiger partial charge >= 0.3 is 5.97 Å². The van der Waals surface area contributed by atoms with Crippen LogP contribution in [-0.2, 0) is 4.74 Å². The fourth-order valence-corrected chi connectivity index (χ4v) is 2.28. The zero-order valence-corrected chi connectivity index (χ0v) is 10.8. The van der Waals surface area contributed by atoms with E-state index >= 15 is 0 Å². The van der Waals surface area contributed by atoms with Crippen LogP contribution in [0.4, 0.5) is 14.5 Å². The van der Waals surface area contributed by atoms with E-state index in [4.69, 9.17) is 10.5 Å². The standard InChI is InChI=1S/C14H17F2NO2/c1-8-2-4-9(5-3-8)19-14(18)10-6-13(17)12(16)7-11(10)15/h6-9H,2-5,17H2,1H3. The van der Waals surface area contributed by atoms with E-state index < -0.39 is 17.6 Å². The van der Waals surface area contributed by atoms with Gasteiger partial charge in [0.2, 0.25) is 0 Å². The second kappa shape index (κ2) is 5.55. The SMILES string of the molecule is CC1CCC(OC(=O)c2cc(N)c(F)cc2F)CC1. The van der Waals surface area contributed by atoms with Gasteiger partial charge in [-0.15, -0.1) is 0 Å². The highest BCUT2D eigenvalue weighted by atomic mass is 19.1. The van der Waals surface area contributed by atoms with Gasteiger partial charge < -0.3 is 10.5 Å². The van der Waals surface area contributed by atoms with Crippen molar-refractivity contribution in [3.63, 3.8) is 0 Å². The van der Waals surface area contributed by atoms with E-state index in [1.165, 1.54) is 0 Å². The summed E-state index contributed by atoms with van der Waals surface area (Å²) in [7, 11) is 0. The van der Waals surface area contributed by atoms with Gasteiger partial charge in [-0.25, -0.2) is 13.6 Å². The number of ether oxygens (including phenoxy) is 1. The Hall–Kier alpha value is -1.65. The normalized spacial score (nSPS) is 23.1. The number of nitrogen functional groups attached to an aromatic ring is 1. The Bertz CT molecular complexity index is 483. The summed E-state index contributed by atoms with van der Waals surface area (Å²) in [6.07, 6.45) is 3.36. The largest absolute Gasteiger partial charge is 0.459 e. The number of carbonyl (C=O) groups excluding carboxylic acids is 1. The molecule has 0 unspecified atom stereocenters. The van der Waals surface area contributed by atoms with E-state index in [0.717, 1.165) is 31.7 Å². The molecule has 0 saturated heterocycles. The van der Waals surface area contributed by atoms with Crippen LogP contribution >= 0.6 is 0 Å². The third-order valence-electron chi connectivity index (χ3n) is 3.54. The smallest absolute Gasteiger partial charge is 0.341 e. The Morgan fingerprint density at radius 1 is 1.21 bits per heavy atom. The van der Waals surface area contributed by atoms with Gasteiger partial charge in [0.15, 0.2) is 0 Å². The first-order valence-corrected chi connectivity index (χ1v) is 6.43. The van der Waals surface area contributed by atoms with Crippen LogP contribution in [0.1, 0.15) is 43.0 Å². The topological polar surface area (TPSA) is 52.3 Å². The molecule has 0 radical (unpaired) electrons. The van der Waals surface area contributed by atoms with Gasteiger partial charge in [0.1, 0.15) is 17.7 Å². The average Bonchev–Trinajstić information content (AvgIpc) is 2.36. The van der Waals surface area contributed by atoms with Crippen molar-refractivity contribution in [1.29, 1.82) is 0 Å². The fourth-order valence-electron chi connectivity index (χ4n) is 2.28. The molecule has 1 aliphatic carbocycles. The molecule has 3 nitrogen and oxygen atoms in total. The first-order valence-electron chi connectivity index (χ1n) is 6.43. The van der Waals surface area contributed by atoms with Crippen LogP contribution in [-0.4, -0.2) is 12.1 Å². The lowest BCUT2D eigenvalue weighted by atomic mass is 9.89. The Kier molecular flexibility index (Phi) is 4.02. The maximum absolute atomic E-state index is 13.5. The summed E-state index contributed by atoms with van der Waals surface area (Å²) in [6.45, 7) is 2.15. The molecule has 1 aromatic carbocycles.